The zero-order valence-corrected chi connectivity index (χ0v) is 4.90. The second-order valence-electron chi connectivity index (χ2n) is 2.33. The predicted molar refractivity (Wildman–Crippen MR) is 27.9 cm³/mol. The summed E-state index contributed by atoms with van der Waals surface area (Å²) in [6, 6.07) is 1.60. The maximum absolute atomic E-state index is 12.4. The smallest absolute Gasteiger partial charge is 0.205 e. The summed E-state index contributed by atoms with van der Waals surface area (Å²) in [7, 11) is 0. The van der Waals surface area contributed by atoms with E-state index in [-0.39, 0.29) is 6.42 Å². The lowest BCUT2D eigenvalue weighted by molar-refractivity contribution is -0.0173. The Bertz CT molecular complexity index is 148. The first-order valence-corrected chi connectivity index (χ1v) is 2.94. The Hall–Kier alpha value is -0.650. The Morgan fingerprint density at radius 1 is 1.56 bits per heavy atom. The summed E-state index contributed by atoms with van der Waals surface area (Å²) in [6.45, 7) is 0. The summed E-state index contributed by atoms with van der Waals surface area (Å²) in [5, 5.41) is 8.17. The van der Waals surface area contributed by atoms with Gasteiger partial charge in [-0.05, 0) is 12.8 Å². The molecule has 0 heterocycles. The first kappa shape index (κ1) is 6.47. The first-order valence-electron chi connectivity index (χ1n) is 2.94. The summed E-state index contributed by atoms with van der Waals surface area (Å²) in [4.78, 5) is 0. The maximum atomic E-state index is 12.4. The zero-order valence-electron chi connectivity index (χ0n) is 4.90. The van der Waals surface area contributed by atoms with Crippen molar-refractivity contribution in [2.24, 2.45) is 5.92 Å². The molecule has 3 heteroatoms. The van der Waals surface area contributed by atoms with Crippen molar-refractivity contribution < 1.29 is 8.78 Å². The molecular formula is C6H7F2N. The van der Waals surface area contributed by atoms with Gasteiger partial charge >= 0.3 is 0 Å². The standard InChI is InChI=1S/C6H7F2N/c7-6(8)3-1-2-5(6)4-9/h5H,1-3H2. The van der Waals surface area contributed by atoms with Crippen molar-refractivity contribution in [3.63, 3.8) is 0 Å². The Morgan fingerprint density at radius 3 is 2.44 bits per heavy atom. The molecule has 1 fully saturated rings. The molecule has 1 aliphatic rings. The highest BCUT2D eigenvalue weighted by molar-refractivity contribution is 4.97. The fourth-order valence-corrected chi connectivity index (χ4v) is 1.09. The molecule has 1 atom stereocenters. The van der Waals surface area contributed by atoms with Crippen LogP contribution < -0.4 is 0 Å². The van der Waals surface area contributed by atoms with Crippen LogP contribution in [0.4, 0.5) is 8.78 Å². The van der Waals surface area contributed by atoms with Crippen molar-refractivity contribution in [2.45, 2.75) is 25.2 Å². The number of hydrogen-bond donors (Lipinski definition) is 0. The van der Waals surface area contributed by atoms with E-state index in [2.05, 4.69) is 0 Å². The van der Waals surface area contributed by atoms with Gasteiger partial charge in [-0.2, -0.15) is 5.26 Å². The third kappa shape index (κ3) is 1.02. The van der Waals surface area contributed by atoms with Crippen molar-refractivity contribution in [3.8, 4) is 6.07 Å². The topological polar surface area (TPSA) is 23.8 Å². The normalized spacial score (nSPS) is 31.9. The van der Waals surface area contributed by atoms with Gasteiger partial charge in [0.1, 0.15) is 5.92 Å². The van der Waals surface area contributed by atoms with Crippen molar-refractivity contribution in [1.82, 2.24) is 0 Å². The lowest BCUT2D eigenvalue weighted by Gasteiger charge is -2.09. The van der Waals surface area contributed by atoms with E-state index < -0.39 is 11.8 Å². The maximum Gasteiger partial charge on any atom is 0.263 e. The minimum absolute atomic E-state index is 0.106. The monoisotopic (exact) mass is 131 g/mol. The molecule has 1 unspecified atom stereocenters. The van der Waals surface area contributed by atoms with Gasteiger partial charge in [-0.25, -0.2) is 8.78 Å². The van der Waals surface area contributed by atoms with Crippen molar-refractivity contribution in [2.75, 3.05) is 0 Å². The van der Waals surface area contributed by atoms with Gasteiger partial charge in [0, 0.05) is 6.42 Å². The summed E-state index contributed by atoms with van der Waals surface area (Å²) in [5.74, 6) is -3.72. The van der Waals surface area contributed by atoms with E-state index in [1.807, 2.05) is 0 Å². The largest absolute Gasteiger partial charge is 0.263 e. The van der Waals surface area contributed by atoms with Gasteiger partial charge in [-0.3, -0.25) is 0 Å². The number of halogens is 2. The van der Waals surface area contributed by atoms with Crippen LogP contribution in [0, 0.1) is 17.2 Å². The van der Waals surface area contributed by atoms with Gasteiger partial charge in [0.2, 0.25) is 0 Å². The summed E-state index contributed by atoms with van der Waals surface area (Å²) in [5.41, 5.74) is 0. The molecule has 0 N–H and O–H groups in total. The Balaban J connectivity index is 2.65. The molecule has 0 amide bonds. The molecule has 0 radical (unpaired) electrons. The van der Waals surface area contributed by atoms with Crippen LogP contribution in [-0.2, 0) is 0 Å². The van der Waals surface area contributed by atoms with Gasteiger partial charge in [0.25, 0.3) is 5.92 Å². The lowest BCUT2D eigenvalue weighted by atomic mass is 10.1. The minimum Gasteiger partial charge on any atom is -0.205 e. The molecular weight excluding hydrogens is 124 g/mol. The molecule has 0 saturated heterocycles. The highest BCUT2D eigenvalue weighted by Crippen LogP contribution is 2.39. The van der Waals surface area contributed by atoms with Gasteiger partial charge in [-0.1, -0.05) is 0 Å². The Kier molecular flexibility index (Phi) is 1.40. The van der Waals surface area contributed by atoms with E-state index in [1.54, 1.807) is 6.07 Å². The van der Waals surface area contributed by atoms with Crippen LogP contribution in [0.3, 0.4) is 0 Å². The average molecular weight is 131 g/mol. The van der Waals surface area contributed by atoms with Crippen LogP contribution in [0.5, 0.6) is 0 Å². The van der Waals surface area contributed by atoms with Crippen LogP contribution in [-0.4, -0.2) is 5.92 Å². The predicted octanol–water partition coefficient (Wildman–Crippen LogP) is 1.95. The summed E-state index contributed by atoms with van der Waals surface area (Å²) >= 11 is 0. The van der Waals surface area contributed by atoms with E-state index in [1.165, 1.54) is 0 Å². The van der Waals surface area contributed by atoms with Crippen LogP contribution in [0.1, 0.15) is 19.3 Å². The third-order valence-corrected chi connectivity index (χ3v) is 1.67. The Labute approximate surface area is 52.3 Å². The Morgan fingerprint density at radius 2 is 2.22 bits per heavy atom. The van der Waals surface area contributed by atoms with Gasteiger partial charge in [-0.15, -0.1) is 0 Å². The van der Waals surface area contributed by atoms with Crippen molar-refractivity contribution in [3.05, 3.63) is 0 Å². The number of hydrogen-bond acceptors (Lipinski definition) is 1. The second-order valence-corrected chi connectivity index (χ2v) is 2.33. The van der Waals surface area contributed by atoms with Crippen LogP contribution in [0.25, 0.3) is 0 Å². The van der Waals surface area contributed by atoms with Crippen molar-refractivity contribution >= 4 is 0 Å². The SMILES string of the molecule is N#CC1CCCC1(F)F. The van der Waals surface area contributed by atoms with E-state index in [0.29, 0.717) is 12.8 Å². The molecule has 0 aromatic carbocycles. The van der Waals surface area contributed by atoms with E-state index in [0.717, 1.165) is 0 Å². The average Bonchev–Trinajstić information content (AvgIpc) is 2.08. The third-order valence-electron chi connectivity index (χ3n) is 1.67. The molecule has 50 valence electrons. The highest BCUT2D eigenvalue weighted by atomic mass is 19.3. The van der Waals surface area contributed by atoms with Gasteiger partial charge < -0.3 is 0 Å². The quantitative estimate of drug-likeness (QED) is 0.492. The molecule has 1 nitrogen and oxygen atoms in total. The van der Waals surface area contributed by atoms with E-state index in [9.17, 15) is 8.78 Å². The molecule has 0 aromatic heterocycles. The number of nitrogens with zero attached hydrogens (tertiary/aromatic N) is 1. The molecule has 9 heavy (non-hydrogen) atoms. The van der Waals surface area contributed by atoms with E-state index >= 15 is 0 Å². The van der Waals surface area contributed by atoms with Gasteiger partial charge in [0.05, 0.1) is 6.07 Å². The van der Waals surface area contributed by atoms with Crippen LogP contribution in [0.2, 0.25) is 0 Å². The fourth-order valence-electron chi connectivity index (χ4n) is 1.09. The summed E-state index contributed by atoms with van der Waals surface area (Å²) < 4.78 is 24.8. The molecule has 0 aromatic rings. The number of rotatable bonds is 0. The van der Waals surface area contributed by atoms with Crippen LogP contribution in [0.15, 0.2) is 0 Å². The highest BCUT2D eigenvalue weighted by Gasteiger charge is 2.43. The molecule has 1 aliphatic carbocycles. The molecule has 0 aliphatic heterocycles. The minimum atomic E-state index is -2.70. The van der Waals surface area contributed by atoms with Crippen LogP contribution >= 0.6 is 0 Å². The molecule has 1 rings (SSSR count). The number of nitriles is 1. The van der Waals surface area contributed by atoms with Crippen molar-refractivity contribution in [1.29, 1.82) is 5.26 Å². The molecule has 0 bridgehead atoms. The molecule has 1 saturated carbocycles. The second kappa shape index (κ2) is 1.94. The summed E-state index contributed by atoms with van der Waals surface area (Å²) in [6.07, 6.45) is 0.750. The van der Waals surface area contributed by atoms with E-state index in [4.69, 9.17) is 5.26 Å². The van der Waals surface area contributed by atoms with Gasteiger partial charge in [0.15, 0.2) is 0 Å². The fraction of sp³-hybridized carbons (Fsp3) is 0.833. The molecule has 0 spiro atoms. The number of alkyl halides is 2. The lowest BCUT2D eigenvalue weighted by Crippen LogP contribution is -2.19. The zero-order chi connectivity index (χ0) is 6.91. The first-order chi connectivity index (χ1) is 4.17.